The van der Waals surface area contributed by atoms with Gasteiger partial charge in [0, 0.05) is 22.2 Å². The van der Waals surface area contributed by atoms with E-state index in [4.69, 9.17) is 9.68 Å². The van der Waals surface area contributed by atoms with Crippen molar-refractivity contribution >= 4 is 34.9 Å². The predicted molar refractivity (Wildman–Crippen MR) is 109 cm³/mol. The number of furan rings is 1. The highest BCUT2D eigenvalue weighted by atomic mass is 16.5. The van der Waals surface area contributed by atoms with Gasteiger partial charge < -0.3 is 19.0 Å². The number of carbonyl (C=O) groups is 3. The van der Waals surface area contributed by atoms with Crippen LogP contribution in [0.25, 0.3) is 17.0 Å². The average Bonchev–Trinajstić information content (AvgIpc) is 3.42. The van der Waals surface area contributed by atoms with Crippen LogP contribution in [0.4, 0.5) is 4.79 Å². The Labute approximate surface area is 177 Å². The Kier molecular flexibility index (Phi) is 5.05. The van der Waals surface area contributed by atoms with Crippen LogP contribution in [-0.4, -0.2) is 34.5 Å². The molecule has 2 aromatic heterocycles. The number of nitrogens with zero attached hydrogens (tertiary/aromatic N) is 3. The number of carbonyl (C=O) groups excluding carboxylic acids is 3. The standard InChI is InChI=1S/C22H18N4O5/c1-13-16(15-5-3-4-6-18(15)25(13)10-9-23)11-17-20(27)26(22(29)24-17)12-14-7-8-19(31-14)21(28)30-2/h3-8,11H,10,12H2,1-2H3,(H,24,29). The molecule has 0 saturated carbocycles. The lowest BCUT2D eigenvalue weighted by molar-refractivity contribution is -0.123. The van der Waals surface area contributed by atoms with Crippen LogP contribution in [-0.2, 0) is 22.6 Å². The highest BCUT2D eigenvalue weighted by Crippen LogP contribution is 2.29. The molecule has 1 N–H and O–H groups in total. The van der Waals surface area contributed by atoms with E-state index >= 15 is 0 Å². The molecule has 1 saturated heterocycles. The Morgan fingerprint density at radius 2 is 2.03 bits per heavy atom. The number of rotatable bonds is 5. The topological polar surface area (TPSA) is 118 Å². The first-order chi connectivity index (χ1) is 14.9. The number of nitriles is 1. The highest BCUT2D eigenvalue weighted by molar-refractivity contribution is 6.14. The van der Waals surface area contributed by atoms with Gasteiger partial charge in [0.25, 0.3) is 5.91 Å². The van der Waals surface area contributed by atoms with Crippen molar-refractivity contribution in [2.75, 3.05) is 7.11 Å². The van der Waals surface area contributed by atoms with E-state index in [-0.39, 0.29) is 30.3 Å². The third-order valence-electron chi connectivity index (χ3n) is 5.12. The normalized spacial score (nSPS) is 14.9. The lowest BCUT2D eigenvalue weighted by Gasteiger charge is -2.09. The molecule has 4 rings (SSSR count). The van der Waals surface area contributed by atoms with Crippen LogP contribution in [0.5, 0.6) is 0 Å². The second-order valence-corrected chi connectivity index (χ2v) is 6.90. The zero-order valence-electron chi connectivity index (χ0n) is 16.8. The average molecular weight is 418 g/mol. The molecular formula is C22H18N4O5. The van der Waals surface area contributed by atoms with Gasteiger partial charge in [-0.15, -0.1) is 0 Å². The van der Waals surface area contributed by atoms with Crippen molar-refractivity contribution < 1.29 is 23.5 Å². The van der Waals surface area contributed by atoms with E-state index < -0.39 is 17.9 Å². The molecule has 0 atom stereocenters. The van der Waals surface area contributed by atoms with Gasteiger partial charge in [-0.05, 0) is 31.2 Å². The number of fused-ring (bicyclic) bond motifs is 1. The largest absolute Gasteiger partial charge is 0.463 e. The van der Waals surface area contributed by atoms with E-state index in [0.717, 1.165) is 27.1 Å². The molecule has 9 nitrogen and oxygen atoms in total. The van der Waals surface area contributed by atoms with Crippen molar-refractivity contribution in [1.82, 2.24) is 14.8 Å². The number of nitrogens with one attached hydrogen (secondary N) is 1. The first kappa shape index (κ1) is 20.0. The molecule has 156 valence electrons. The predicted octanol–water partition coefficient (Wildman–Crippen LogP) is 2.95. The molecule has 1 aliphatic heterocycles. The molecule has 0 spiro atoms. The second kappa shape index (κ2) is 7.84. The fourth-order valence-electron chi connectivity index (χ4n) is 3.60. The van der Waals surface area contributed by atoms with E-state index in [0.29, 0.717) is 0 Å². The van der Waals surface area contributed by atoms with E-state index in [9.17, 15) is 14.4 Å². The van der Waals surface area contributed by atoms with Crippen LogP contribution in [0.1, 0.15) is 27.6 Å². The van der Waals surface area contributed by atoms with Gasteiger partial charge in [-0.3, -0.25) is 9.69 Å². The molecule has 31 heavy (non-hydrogen) atoms. The van der Waals surface area contributed by atoms with Crippen LogP contribution in [0.3, 0.4) is 0 Å². The zero-order chi connectivity index (χ0) is 22.1. The van der Waals surface area contributed by atoms with Crippen LogP contribution >= 0.6 is 0 Å². The Bertz CT molecular complexity index is 1290. The van der Waals surface area contributed by atoms with E-state index in [1.165, 1.54) is 19.2 Å². The molecular weight excluding hydrogens is 400 g/mol. The minimum atomic E-state index is -0.645. The minimum absolute atomic E-state index is 0.0127. The van der Waals surface area contributed by atoms with Gasteiger partial charge >= 0.3 is 12.0 Å². The van der Waals surface area contributed by atoms with E-state index in [1.807, 2.05) is 35.8 Å². The number of imide groups is 1. The first-order valence-corrected chi connectivity index (χ1v) is 9.41. The maximum absolute atomic E-state index is 12.9. The SMILES string of the molecule is COC(=O)c1ccc(CN2C(=O)NC(=Cc3c(C)n(CC#N)c4ccccc34)C2=O)o1. The molecule has 1 aromatic carbocycles. The molecule has 0 radical (unpaired) electrons. The summed E-state index contributed by atoms with van der Waals surface area (Å²) in [6.45, 7) is 1.90. The van der Waals surface area contributed by atoms with Gasteiger partial charge in [0.1, 0.15) is 18.0 Å². The Hall–Kier alpha value is -4.32. The Morgan fingerprint density at radius 1 is 1.26 bits per heavy atom. The molecule has 0 aliphatic carbocycles. The smallest absolute Gasteiger partial charge is 0.373 e. The fourth-order valence-corrected chi connectivity index (χ4v) is 3.60. The van der Waals surface area contributed by atoms with Crippen LogP contribution in [0.2, 0.25) is 0 Å². The zero-order valence-corrected chi connectivity index (χ0v) is 16.8. The van der Waals surface area contributed by atoms with E-state index in [1.54, 1.807) is 6.08 Å². The number of urea groups is 1. The number of ether oxygens (including phenoxy) is 1. The van der Waals surface area contributed by atoms with Gasteiger partial charge in [-0.1, -0.05) is 18.2 Å². The molecule has 3 heterocycles. The van der Waals surface area contributed by atoms with Crippen molar-refractivity contribution in [3.05, 3.63) is 64.9 Å². The number of para-hydroxylation sites is 1. The maximum atomic E-state index is 12.9. The van der Waals surface area contributed by atoms with Crippen LogP contribution in [0, 0.1) is 18.3 Å². The number of benzene rings is 1. The van der Waals surface area contributed by atoms with Crippen molar-refractivity contribution in [3.63, 3.8) is 0 Å². The quantitative estimate of drug-likeness (QED) is 0.387. The second-order valence-electron chi connectivity index (χ2n) is 6.90. The molecule has 1 aliphatic rings. The number of hydrogen-bond donors (Lipinski definition) is 1. The summed E-state index contributed by atoms with van der Waals surface area (Å²) < 4.78 is 11.8. The summed E-state index contributed by atoms with van der Waals surface area (Å²) in [7, 11) is 1.23. The number of esters is 1. The molecule has 9 heteroatoms. The lowest BCUT2D eigenvalue weighted by atomic mass is 10.1. The van der Waals surface area contributed by atoms with Crippen LogP contribution < -0.4 is 5.32 Å². The fraction of sp³-hybridized carbons (Fsp3) is 0.182. The number of methoxy groups -OCH3 is 1. The van der Waals surface area contributed by atoms with Gasteiger partial charge in [0.15, 0.2) is 0 Å². The third-order valence-corrected chi connectivity index (χ3v) is 5.12. The van der Waals surface area contributed by atoms with Crippen molar-refractivity contribution in [2.45, 2.75) is 20.0 Å². The van der Waals surface area contributed by atoms with Gasteiger partial charge in [0.05, 0.1) is 19.7 Å². The highest BCUT2D eigenvalue weighted by Gasteiger charge is 2.34. The third kappa shape index (κ3) is 3.44. The molecule has 1 fully saturated rings. The first-order valence-electron chi connectivity index (χ1n) is 9.41. The molecule has 0 bridgehead atoms. The Balaban J connectivity index is 1.65. The summed E-state index contributed by atoms with van der Waals surface area (Å²) in [5.74, 6) is -0.904. The van der Waals surface area contributed by atoms with Gasteiger partial charge in [-0.2, -0.15) is 5.26 Å². The summed E-state index contributed by atoms with van der Waals surface area (Å²) >= 11 is 0. The van der Waals surface area contributed by atoms with Crippen molar-refractivity contribution in [1.29, 1.82) is 5.26 Å². The lowest BCUT2D eigenvalue weighted by Crippen LogP contribution is -2.30. The summed E-state index contributed by atoms with van der Waals surface area (Å²) in [6, 6.07) is 12.0. The van der Waals surface area contributed by atoms with Gasteiger partial charge in [0.2, 0.25) is 5.76 Å². The number of hydrogen-bond acceptors (Lipinski definition) is 6. The number of aromatic nitrogens is 1. The molecule has 3 amide bonds. The summed E-state index contributed by atoms with van der Waals surface area (Å²) in [4.78, 5) is 37.8. The monoisotopic (exact) mass is 418 g/mol. The van der Waals surface area contributed by atoms with Crippen molar-refractivity contribution in [2.24, 2.45) is 0 Å². The Morgan fingerprint density at radius 3 is 2.77 bits per heavy atom. The maximum Gasteiger partial charge on any atom is 0.373 e. The summed E-state index contributed by atoms with van der Waals surface area (Å²) in [5.41, 5.74) is 2.55. The molecule has 0 unspecified atom stereocenters. The minimum Gasteiger partial charge on any atom is -0.463 e. The van der Waals surface area contributed by atoms with Gasteiger partial charge in [-0.25, -0.2) is 9.59 Å². The molecule has 3 aromatic rings. The van der Waals surface area contributed by atoms with Crippen LogP contribution in [0.15, 0.2) is 46.5 Å². The number of amides is 3. The van der Waals surface area contributed by atoms with E-state index in [2.05, 4.69) is 16.1 Å². The summed E-state index contributed by atoms with van der Waals surface area (Å²) in [5, 5.41) is 12.6. The van der Waals surface area contributed by atoms with Crippen molar-refractivity contribution in [3.8, 4) is 6.07 Å². The summed E-state index contributed by atoms with van der Waals surface area (Å²) in [6.07, 6.45) is 1.62.